The zero-order valence-electron chi connectivity index (χ0n) is 10.2. The van der Waals surface area contributed by atoms with Crippen LogP contribution in [0, 0.1) is 23.7 Å². The van der Waals surface area contributed by atoms with Crippen molar-refractivity contribution in [3.63, 3.8) is 0 Å². The normalized spacial score (nSPS) is 30.9. The quantitative estimate of drug-likeness (QED) is 0.773. The number of hydrogen-bond acceptors (Lipinski definition) is 1. The summed E-state index contributed by atoms with van der Waals surface area (Å²) in [6, 6.07) is 0. The molecule has 15 heavy (non-hydrogen) atoms. The number of carboxylic acid groups (broad SMARTS) is 1. The van der Waals surface area contributed by atoms with Gasteiger partial charge >= 0.3 is 5.97 Å². The van der Waals surface area contributed by atoms with Crippen molar-refractivity contribution < 1.29 is 9.90 Å². The van der Waals surface area contributed by atoms with Crippen LogP contribution in [-0.4, -0.2) is 11.1 Å². The van der Waals surface area contributed by atoms with Gasteiger partial charge in [-0.2, -0.15) is 0 Å². The summed E-state index contributed by atoms with van der Waals surface area (Å²) >= 11 is 0. The fourth-order valence-electron chi connectivity index (χ4n) is 2.76. The number of rotatable bonds is 4. The number of hydrogen-bond donors (Lipinski definition) is 1. The van der Waals surface area contributed by atoms with E-state index in [0.29, 0.717) is 11.8 Å². The van der Waals surface area contributed by atoms with Gasteiger partial charge in [0.05, 0.1) is 5.92 Å². The molecular formula is C13H24O2. The first kappa shape index (κ1) is 12.5. The lowest BCUT2D eigenvalue weighted by molar-refractivity contribution is -0.143. The van der Waals surface area contributed by atoms with Gasteiger partial charge in [0.15, 0.2) is 0 Å². The van der Waals surface area contributed by atoms with Crippen molar-refractivity contribution >= 4 is 5.97 Å². The predicted octanol–water partition coefficient (Wildman–Crippen LogP) is 3.56. The molecule has 0 heterocycles. The van der Waals surface area contributed by atoms with Crippen LogP contribution >= 0.6 is 0 Å². The van der Waals surface area contributed by atoms with Crippen LogP contribution in [0.4, 0.5) is 0 Å². The lowest BCUT2D eigenvalue weighted by atomic mass is 9.72. The first-order valence-electron chi connectivity index (χ1n) is 6.29. The Hall–Kier alpha value is -0.530. The highest BCUT2D eigenvalue weighted by atomic mass is 16.4. The zero-order chi connectivity index (χ0) is 11.4. The Kier molecular flexibility index (Phi) is 4.62. The second-order valence-corrected chi connectivity index (χ2v) is 5.18. The van der Waals surface area contributed by atoms with Gasteiger partial charge in [0, 0.05) is 0 Å². The lowest BCUT2D eigenvalue weighted by Gasteiger charge is -2.33. The van der Waals surface area contributed by atoms with E-state index in [1.165, 1.54) is 32.1 Å². The molecule has 1 aliphatic rings. The molecule has 1 aliphatic carbocycles. The molecule has 88 valence electrons. The smallest absolute Gasteiger partial charge is 0.306 e. The summed E-state index contributed by atoms with van der Waals surface area (Å²) in [5.41, 5.74) is 0. The molecule has 0 saturated heterocycles. The first-order valence-corrected chi connectivity index (χ1v) is 6.29. The highest BCUT2D eigenvalue weighted by molar-refractivity contribution is 5.69. The molecule has 0 amide bonds. The molecule has 1 rings (SSSR count). The third-order valence-corrected chi connectivity index (χ3v) is 4.39. The summed E-state index contributed by atoms with van der Waals surface area (Å²) in [6.07, 6.45) is 6.36. The van der Waals surface area contributed by atoms with Crippen molar-refractivity contribution in [3.05, 3.63) is 0 Å². The van der Waals surface area contributed by atoms with Crippen LogP contribution in [0.2, 0.25) is 0 Å². The van der Waals surface area contributed by atoms with Crippen molar-refractivity contribution in [1.29, 1.82) is 0 Å². The van der Waals surface area contributed by atoms with Crippen molar-refractivity contribution in [1.82, 2.24) is 0 Å². The van der Waals surface area contributed by atoms with Crippen LogP contribution in [0.5, 0.6) is 0 Å². The average Bonchev–Trinajstić information content (AvgIpc) is 2.27. The highest BCUT2D eigenvalue weighted by Gasteiger charge is 2.30. The maximum atomic E-state index is 10.9. The molecule has 2 unspecified atom stereocenters. The molecular weight excluding hydrogens is 188 g/mol. The van der Waals surface area contributed by atoms with E-state index in [2.05, 4.69) is 13.8 Å². The Morgan fingerprint density at radius 1 is 1.27 bits per heavy atom. The molecule has 1 fully saturated rings. The molecule has 0 spiro atoms. The van der Waals surface area contributed by atoms with E-state index in [-0.39, 0.29) is 5.92 Å². The standard InChI is InChI=1S/C13H24O2/c1-4-11-5-7-12(8-6-11)9(2)10(3)13(14)15/h9-12H,4-8H2,1-3H3,(H,14,15). The Morgan fingerprint density at radius 3 is 2.20 bits per heavy atom. The van der Waals surface area contributed by atoms with Gasteiger partial charge in [0.25, 0.3) is 0 Å². The summed E-state index contributed by atoms with van der Waals surface area (Å²) in [5.74, 6) is 1.04. The highest BCUT2D eigenvalue weighted by Crippen LogP contribution is 2.37. The van der Waals surface area contributed by atoms with Crippen LogP contribution in [0.3, 0.4) is 0 Å². The van der Waals surface area contributed by atoms with Gasteiger partial charge in [-0.3, -0.25) is 4.79 Å². The summed E-state index contributed by atoms with van der Waals surface area (Å²) < 4.78 is 0. The average molecular weight is 212 g/mol. The number of carboxylic acids is 1. The lowest BCUT2D eigenvalue weighted by Crippen LogP contribution is -2.28. The SMILES string of the molecule is CCC1CCC(C(C)C(C)C(=O)O)CC1. The number of carbonyl (C=O) groups is 1. The monoisotopic (exact) mass is 212 g/mol. The van der Waals surface area contributed by atoms with Gasteiger partial charge < -0.3 is 5.11 Å². The van der Waals surface area contributed by atoms with Gasteiger partial charge in [-0.25, -0.2) is 0 Å². The largest absolute Gasteiger partial charge is 0.481 e. The van der Waals surface area contributed by atoms with Crippen molar-refractivity contribution in [2.24, 2.45) is 23.7 Å². The minimum atomic E-state index is -0.639. The van der Waals surface area contributed by atoms with Crippen molar-refractivity contribution in [2.75, 3.05) is 0 Å². The van der Waals surface area contributed by atoms with Crippen LogP contribution in [0.1, 0.15) is 52.9 Å². The Balaban J connectivity index is 2.42. The second-order valence-electron chi connectivity index (χ2n) is 5.18. The van der Waals surface area contributed by atoms with E-state index >= 15 is 0 Å². The Morgan fingerprint density at radius 2 is 1.80 bits per heavy atom. The fourth-order valence-corrected chi connectivity index (χ4v) is 2.76. The molecule has 0 aromatic carbocycles. The van der Waals surface area contributed by atoms with Gasteiger partial charge in [-0.1, -0.05) is 40.0 Å². The van der Waals surface area contributed by atoms with Crippen LogP contribution < -0.4 is 0 Å². The fraction of sp³-hybridized carbons (Fsp3) is 0.923. The number of aliphatic carboxylic acids is 1. The van der Waals surface area contributed by atoms with Crippen LogP contribution in [0.25, 0.3) is 0 Å². The Labute approximate surface area is 93.1 Å². The Bertz CT molecular complexity index is 205. The summed E-state index contributed by atoms with van der Waals surface area (Å²) in [7, 11) is 0. The van der Waals surface area contributed by atoms with Gasteiger partial charge in [-0.15, -0.1) is 0 Å². The molecule has 2 heteroatoms. The van der Waals surface area contributed by atoms with Crippen molar-refractivity contribution in [2.45, 2.75) is 52.9 Å². The molecule has 0 bridgehead atoms. The van der Waals surface area contributed by atoms with E-state index in [0.717, 1.165) is 5.92 Å². The first-order chi connectivity index (χ1) is 7.06. The molecule has 0 aliphatic heterocycles. The molecule has 0 radical (unpaired) electrons. The molecule has 2 atom stereocenters. The molecule has 0 aromatic rings. The van der Waals surface area contributed by atoms with E-state index in [4.69, 9.17) is 5.11 Å². The van der Waals surface area contributed by atoms with E-state index in [1.54, 1.807) is 0 Å². The van der Waals surface area contributed by atoms with E-state index < -0.39 is 5.97 Å². The van der Waals surface area contributed by atoms with Gasteiger partial charge in [-0.05, 0) is 30.6 Å². The molecule has 2 nitrogen and oxygen atoms in total. The summed E-state index contributed by atoms with van der Waals surface area (Å²) in [6.45, 7) is 6.21. The third-order valence-electron chi connectivity index (χ3n) is 4.39. The summed E-state index contributed by atoms with van der Waals surface area (Å²) in [4.78, 5) is 10.9. The zero-order valence-corrected chi connectivity index (χ0v) is 10.2. The second kappa shape index (κ2) is 5.53. The van der Waals surface area contributed by atoms with Crippen molar-refractivity contribution in [3.8, 4) is 0 Å². The molecule has 0 aromatic heterocycles. The maximum absolute atomic E-state index is 10.9. The van der Waals surface area contributed by atoms with Crippen LogP contribution in [-0.2, 0) is 4.79 Å². The third kappa shape index (κ3) is 3.22. The summed E-state index contributed by atoms with van der Waals surface area (Å²) in [5, 5.41) is 8.98. The maximum Gasteiger partial charge on any atom is 0.306 e. The van der Waals surface area contributed by atoms with Crippen LogP contribution in [0.15, 0.2) is 0 Å². The topological polar surface area (TPSA) is 37.3 Å². The molecule has 1 saturated carbocycles. The van der Waals surface area contributed by atoms with E-state index in [1.807, 2.05) is 6.92 Å². The van der Waals surface area contributed by atoms with Gasteiger partial charge in [0.2, 0.25) is 0 Å². The minimum Gasteiger partial charge on any atom is -0.481 e. The van der Waals surface area contributed by atoms with Gasteiger partial charge in [0.1, 0.15) is 0 Å². The van der Waals surface area contributed by atoms with E-state index in [9.17, 15) is 4.79 Å². The molecule has 1 N–H and O–H groups in total. The minimum absolute atomic E-state index is 0.187. The predicted molar refractivity (Wildman–Crippen MR) is 61.7 cm³/mol.